The topological polar surface area (TPSA) is 55.1 Å². The van der Waals surface area contributed by atoms with Crippen LogP contribution in [0, 0.1) is 6.92 Å². The molecule has 1 amide bonds. The Bertz CT molecular complexity index is 407. The molecular weight excluding hydrogens is 304 g/mol. The van der Waals surface area contributed by atoms with Gasteiger partial charge in [-0.25, -0.2) is 0 Å². The Morgan fingerprint density at radius 2 is 2.00 bits per heavy atom. The number of aryl methyl sites for hydroxylation is 1. The largest absolute Gasteiger partial charge is 0.352 e. The van der Waals surface area contributed by atoms with E-state index >= 15 is 0 Å². The van der Waals surface area contributed by atoms with E-state index in [4.69, 9.17) is 5.73 Å². The fourth-order valence-corrected chi connectivity index (χ4v) is 2.40. The Morgan fingerprint density at radius 1 is 1.26 bits per heavy atom. The van der Waals surface area contributed by atoms with E-state index in [9.17, 15) is 4.79 Å². The van der Waals surface area contributed by atoms with Crippen molar-refractivity contribution in [3.8, 4) is 0 Å². The first-order chi connectivity index (χ1) is 9.13. The monoisotopic (exact) mass is 326 g/mol. The van der Waals surface area contributed by atoms with Crippen molar-refractivity contribution in [2.45, 2.75) is 45.6 Å². The van der Waals surface area contributed by atoms with Crippen LogP contribution in [0.25, 0.3) is 0 Å². The molecule has 0 bridgehead atoms. The molecule has 0 aliphatic carbocycles. The Hall–Kier alpha value is -0.870. The second kappa shape index (κ2) is 9.10. The van der Waals surface area contributed by atoms with Gasteiger partial charge in [0.15, 0.2) is 0 Å². The van der Waals surface area contributed by atoms with Crippen LogP contribution in [0.15, 0.2) is 22.7 Å². The number of hydrogen-bond donors (Lipinski definition) is 2. The number of hydrogen-bond acceptors (Lipinski definition) is 2. The summed E-state index contributed by atoms with van der Waals surface area (Å²) < 4.78 is 1.07. The van der Waals surface area contributed by atoms with Gasteiger partial charge in [0.05, 0.1) is 0 Å². The maximum Gasteiger partial charge on any atom is 0.220 e. The molecule has 0 saturated heterocycles. The number of rotatable bonds is 8. The number of nitrogens with two attached hydrogens (primary N) is 1. The molecule has 0 fully saturated rings. The minimum atomic E-state index is 0.134. The molecule has 0 heterocycles. The molecule has 0 spiro atoms. The number of amides is 1. The highest BCUT2D eigenvalue weighted by Crippen LogP contribution is 2.15. The molecule has 3 nitrogen and oxygen atoms in total. The van der Waals surface area contributed by atoms with Gasteiger partial charge in [-0.2, -0.15) is 0 Å². The van der Waals surface area contributed by atoms with Crippen molar-refractivity contribution in [3.05, 3.63) is 33.8 Å². The quantitative estimate of drug-likeness (QED) is 0.720. The normalized spacial score (nSPS) is 10.5. The zero-order chi connectivity index (χ0) is 14.1. The maximum atomic E-state index is 11.7. The molecule has 0 aromatic heterocycles. The summed E-state index contributed by atoms with van der Waals surface area (Å²) in [4.78, 5) is 11.7. The Kier molecular flexibility index (Phi) is 7.75. The lowest BCUT2D eigenvalue weighted by Crippen LogP contribution is -2.22. The molecule has 0 radical (unpaired) electrons. The second-order valence-corrected chi connectivity index (χ2v) is 5.72. The lowest BCUT2D eigenvalue weighted by Gasteiger charge is -2.08. The van der Waals surface area contributed by atoms with E-state index in [1.165, 1.54) is 11.1 Å². The van der Waals surface area contributed by atoms with Gasteiger partial charge in [-0.05, 0) is 49.6 Å². The predicted molar refractivity (Wildman–Crippen MR) is 82.9 cm³/mol. The van der Waals surface area contributed by atoms with E-state index in [-0.39, 0.29) is 5.91 Å². The van der Waals surface area contributed by atoms with Crippen LogP contribution in [0.1, 0.15) is 43.2 Å². The molecule has 1 aromatic carbocycles. The van der Waals surface area contributed by atoms with Gasteiger partial charge >= 0.3 is 0 Å². The summed E-state index contributed by atoms with van der Waals surface area (Å²) in [5.41, 5.74) is 7.78. The summed E-state index contributed by atoms with van der Waals surface area (Å²) in [6, 6.07) is 6.11. The zero-order valence-corrected chi connectivity index (χ0v) is 13.1. The lowest BCUT2D eigenvalue weighted by atomic mass is 10.1. The molecule has 19 heavy (non-hydrogen) atoms. The molecule has 1 aromatic rings. The molecule has 3 N–H and O–H groups in total. The van der Waals surface area contributed by atoms with E-state index in [1.807, 2.05) is 12.1 Å². The first kappa shape index (κ1) is 16.2. The van der Waals surface area contributed by atoms with Gasteiger partial charge in [0.25, 0.3) is 0 Å². The first-order valence-corrected chi connectivity index (χ1v) is 7.64. The van der Waals surface area contributed by atoms with Gasteiger partial charge in [-0.3, -0.25) is 4.79 Å². The summed E-state index contributed by atoms with van der Waals surface area (Å²) >= 11 is 3.43. The number of halogens is 1. The average Bonchev–Trinajstić information content (AvgIpc) is 2.37. The van der Waals surface area contributed by atoms with Gasteiger partial charge in [-0.1, -0.05) is 34.8 Å². The van der Waals surface area contributed by atoms with Crippen molar-refractivity contribution >= 4 is 21.8 Å². The Labute approximate surface area is 124 Å². The molecular formula is C15H23BrN2O. The van der Waals surface area contributed by atoms with E-state index in [2.05, 4.69) is 34.2 Å². The molecule has 106 valence electrons. The van der Waals surface area contributed by atoms with E-state index < -0.39 is 0 Å². The summed E-state index contributed by atoms with van der Waals surface area (Å²) in [5, 5.41) is 2.97. The van der Waals surface area contributed by atoms with Crippen LogP contribution in [0.2, 0.25) is 0 Å². The van der Waals surface area contributed by atoms with Gasteiger partial charge in [0.2, 0.25) is 5.91 Å². The molecule has 0 unspecified atom stereocenters. The number of benzene rings is 1. The van der Waals surface area contributed by atoms with Gasteiger partial charge in [-0.15, -0.1) is 0 Å². The average molecular weight is 327 g/mol. The molecule has 4 heteroatoms. The third kappa shape index (κ3) is 6.73. The lowest BCUT2D eigenvalue weighted by molar-refractivity contribution is -0.121. The highest BCUT2D eigenvalue weighted by atomic mass is 79.9. The molecule has 0 atom stereocenters. The molecule has 0 aliphatic heterocycles. The van der Waals surface area contributed by atoms with Crippen LogP contribution < -0.4 is 11.1 Å². The van der Waals surface area contributed by atoms with Crippen LogP contribution in [-0.4, -0.2) is 12.5 Å². The summed E-state index contributed by atoms with van der Waals surface area (Å²) in [7, 11) is 0. The van der Waals surface area contributed by atoms with Crippen molar-refractivity contribution in [1.82, 2.24) is 5.32 Å². The zero-order valence-electron chi connectivity index (χ0n) is 11.5. The van der Waals surface area contributed by atoms with Gasteiger partial charge in [0.1, 0.15) is 0 Å². The fraction of sp³-hybridized carbons (Fsp3) is 0.533. The van der Waals surface area contributed by atoms with E-state index in [1.54, 1.807) is 0 Å². The van der Waals surface area contributed by atoms with Crippen molar-refractivity contribution in [2.24, 2.45) is 5.73 Å². The van der Waals surface area contributed by atoms with Crippen molar-refractivity contribution in [3.63, 3.8) is 0 Å². The number of unbranched alkanes of at least 4 members (excludes halogenated alkanes) is 3. The van der Waals surface area contributed by atoms with Crippen molar-refractivity contribution in [1.29, 1.82) is 0 Å². The minimum Gasteiger partial charge on any atom is -0.352 e. The number of carbonyl (C=O) groups is 1. The standard InChI is InChI=1S/C15H23BrN2O/c1-12-10-14(16)8-7-13(12)11-18-15(19)6-4-2-3-5-9-17/h7-8,10H,2-6,9,11,17H2,1H3,(H,18,19). The SMILES string of the molecule is Cc1cc(Br)ccc1CNC(=O)CCCCCCN. The molecule has 1 rings (SSSR count). The van der Waals surface area contributed by atoms with Gasteiger partial charge in [0, 0.05) is 17.4 Å². The predicted octanol–water partition coefficient (Wildman–Crippen LogP) is 3.28. The third-order valence-electron chi connectivity index (χ3n) is 3.14. The Morgan fingerprint density at radius 3 is 2.68 bits per heavy atom. The van der Waals surface area contributed by atoms with Crippen LogP contribution in [0.5, 0.6) is 0 Å². The highest BCUT2D eigenvalue weighted by Gasteiger charge is 2.03. The van der Waals surface area contributed by atoms with E-state index in [0.717, 1.165) is 36.7 Å². The van der Waals surface area contributed by atoms with Crippen molar-refractivity contribution < 1.29 is 4.79 Å². The summed E-state index contributed by atoms with van der Waals surface area (Å²) in [5.74, 6) is 0.134. The minimum absolute atomic E-state index is 0.134. The maximum absolute atomic E-state index is 11.7. The van der Waals surface area contributed by atoms with Crippen LogP contribution >= 0.6 is 15.9 Å². The Balaban J connectivity index is 2.22. The summed E-state index contributed by atoms with van der Waals surface area (Å²) in [6.07, 6.45) is 4.82. The highest BCUT2D eigenvalue weighted by molar-refractivity contribution is 9.10. The molecule has 0 aliphatic rings. The summed E-state index contributed by atoms with van der Waals surface area (Å²) in [6.45, 7) is 3.41. The smallest absolute Gasteiger partial charge is 0.220 e. The van der Waals surface area contributed by atoms with Crippen LogP contribution in [-0.2, 0) is 11.3 Å². The third-order valence-corrected chi connectivity index (χ3v) is 3.63. The number of nitrogens with one attached hydrogen (secondary N) is 1. The molecule has 0 saturated carbocycles. The van der Waals surface area contributed by atoms with E-state index in [0.29, 0.717) is 13.0 Å². The van der Waals surface area contributed by atoms with Crippen LogP contribution in [0.4, 0.5) is 0 Å². The first-order valence-electron chi connectivity index (χ1n) is 6.85. The fourth-order valence-electron chi connectivity index (χ4n) is 1.92. The van der Waals surface area contributed by atoms with Crippen LogP contribution in [0.3, 0.4) is 0 Å². The second-order valence-electron chi connectivity index (χ2n) is 4.80. The van der Waals surface area contributed by atoms with Gasteiger partial charge < -0.3 is 11.1 Å². The number of carbonyl (C=O) groups excluding carboxylic acids is 1. The van der Waals surface area contributed by atoms with Crippen molar-refractivity contribution in [2.75, 3.05) is 6.54 Å².